The van der Waals surface area contributed by atoms with Crippen LogP contribution in [0.5, 0.6) is 0 Å². The highest BCUT2D eigenvalue weighted by Gasteiger charge is 2.26. The Hall–Kier alpha value is -2.46. The van der Waals surface area contributed by atoms with Crippen molar-refractivity contribution in [3.8, 4) is 0 Å². The van der Waals surface area contributed by atoms with Crippen LogP contribution in [0.4, 0.5) is 17.5 Å². The first-order valence-corrected chi connectivity index (χ1v) is 11.4. The van der Waals surface area contributed by atoms with Gasteiger partial charge in [0.05, 0.1) is 0 Å². The number of aromatic nitrogens is 3. The van der Waals surface area contributed by atoms with Crippen molar-refractivity contribution in [3.05, 3.63) is 30.7 Å². The van der Waals surface area contributed by atoms with E-state index in [1.54, 1.807) is 18.5 Å². The minimum Gasteiger partial charge on any atom is -0.373 e. The minimum absolute atomic E-state index is 0.217. The molecule has 158 valence electrons. The Labute approximate surface area is 172 Å². The third-order valence-electron chi connectivity index (χ3n) is 5.18. The van der Waals surface area contributed by atoms with Crippen molar-refractivity contribution in [2.45, 2.75) is 37.6 Å². The fourth-order valence-electron chi connectivity index (χ4n) is 3.56. The van der Waals surface area contributed by atoms with Gasteiger partial charge in [-0.15, -0.1) is 0 Å². The van der Waals surface area contributed by atoms with E-state index in [2.05, 4.69) is 30.5 Å². The Morgan fingerprint density at radius 3 is 2.62 bits per heavy atom. The maximum atomic E-state index is 12.6. The Morgan fingerprint density at radius 2 is 1.97 bits per heavy atom. The number of anilines is 3. The molecular formula is C19H29N7O2S. The van der Waals surface area contributed by atoms with E-state index in [0.29, 0.717) is 25.5 Å². The minimum atomic E-state index is -3.49. The Morgan fingerprint density at radius 1 is 1.17 bits per heavy atom. The number of sulfonamides is 1. The molecule has 3 heterocycles. The monoisotopic (exact) mass is 419 g/mol. The van der Waals surface area contributed by atoms with Crippen molar-refractivity contribution >= 4 is 27.5 Å². The molecule has 0 radical (unpaired) electrons. The molecule has 1 atom stereocenters. The van der Waals surface area contributed by atoms with Crippen molar-refractivity contribution in [1.82, 2.24) is 19.3 Å². The lowest BCUT2D eigenvalue weighted by molar-refractivity contribution is 0.445. The van der Waals surface area contributed by atoms with Gasteiger partial charge in [-0.3, -0.25) is 0 Å². The average molecular weight is 420 g/mol. The van der Waals surface area contributed by atoms with Crippen LogP contribution in [0.1, 0.15) is 26.7 Å². The van der Waals surface area contributed by atoms with Crippen LogP contribution in [0.3, 0.4) is 0 Å². The number of nitrogens with zero attached hydrogens (tertiary/aromatic N) is 5. The second-order valence-corrected chi connectivity index (χ2v) is 8.79. The molecule has 0 bridgehead atoms. The lowest BCUT2D eigenvalue weighted by Crippen LogP contribution is -2.35. The summed E-state index contributed by atoms with van der Waals surface area (Å²) < 4.78 is 26.6. The third kappa shape index (κ3) is 4.76. The van der Waals surface area contributed by atoms with Crippen LogP contribution in [-0.4, -0.2) is 66.9 Å². The van der Waals surface area contributed by atoms with Crippen molar-refractivity contribution in [1.29, 1.82) is 0 Å². The van der Waals surface area contributed by atoms with Crippen LogP contribution >= 0.6 is 0 Å². The van der Waals surface area contributed by atoms with E-state index >= 15 is 0 Å². The van der Waals surface area contributed by atoms with E-state index in [-0.39, 0.29) is 10.9 Å². The second-order valence-electron chi connectivity index (χ2n) is 6.85. The molecule has 1 aliphatic heterocycles. The summed E-state index contributed by atoms with van der Waals surface area (Å²) >= 11 is 0. The van der Waals surface area contributed by atoms with E-state index in [1.807, 2.05) is 27.0 Å². The zero-order valence-corrected chi connectivity index (χ0v) is 18.0. The Kier molecular flexibility index (Phi) is 6.86. The molecule has 1 aliphatic rings. The molecule has 3 rings (SSSR count). The SMILES string of the molecule is CCN(CC)S(=O)(=O)c1ccc(NCC2CCCN2c2cc(NC)ncn2)nc1. The third-order valence-corrected chi connectivity index (χ3v) is 7.21. The molecule has 2 aromatic heterocycles. The quantitative estimate of drug-likeness (QED) is 0.636. The molecule has 1 fully saturated rings. The molecule has 1 saturated heterocycles. The van der Waals surface area contributed by atoms with Crippen molar-refractivity contribution in [2.24, 2.45) is 0 Å². The van der Waals surface area contributed by atoms with Gasteiger partial charge >= 0.3 is 0 Å². The van der Waals surface area contributed by atoms with Gasteiger partial charge in [0.1, 0.15) is 28.7 Å². The Bertz CT molecular complexity index is 901. The van der Waals surface area contributed by atoms with Crippen LogP contribution < -0.4 is 15.5 Å². The van der Waals surface area contributed by atoms with Gasteiger partial charge in [0.15, 0.2) is 0 Å². The topological polar surface area (TPSA) is 103 Å². The summed E-state index contributed by atoms with van der Waals surface area (Å²) in [5, 5.41) is 6.37. The number of pyridine rings is 1. The summed E-state index contributed by atoms with van der Waals surface area (Å²) in [5.41, 5.74) is 0. The van der Waals surface area contributed by atoms with Gasteiger partial charge in [-0.1, -0.05) is 13.8 Å². The molecule has 10 heteroatoms. The van der Waals surface area contributed by atoms with Gasteiger partial charge in [0, 0.05) is 51.5 Å². The van der Waals surface area contributed by atoms with E-state index in [9.17, 15) is 8.42 Å². The number of nitrogens with one attached hydrogen (secondary N) is 2. The van der Waals surface area contributed by atoms with Gasteiger partial charge in [-0.2, -0.15) is 4.31 Å². The molecule has 0 aliphatic carbocycles. The lowest BCUT2D eigenvalue weighted by atomic mass is 10.2. The van der Waals surface area contributed by atoms with E-state index in [0.717, 1.165) is 31.0 Å². The number of rotatable bonds is 9. The summed E-state index contributed by atoms with van der Waals surface area (Å²) in [6.45, 7) is 6.18. The zero-order chi connectivity index (χ0) is 20.9. The number of hydrogen-bond donors (Lipinski definition) is 2. The van der Waals surface area contributed by atoms with Gasteiger partial charge in [0.25, 0.3) is 0 Å². The summed E-state index contributed by atoms with van der Waals surface area (Å²) in [5.74, 6) is 2.36. The fourth-order valence-corrected chi connectivity index (χ4v) is 4.97. The van der Waals surface area contributed by atoms with Gasteiger partial charge in [0.2, 0.25) is 10.0 Å². The molecule has 0 amide bonds. The normalized spacial score (nSPS) is 17.0. The van der Waals surface area contributed by atoms with Crippen molar-refractivity contribution in [3.63, 3.8) is 0 Å². The molecule has 9 nitrogen and oxygen atoms in total. The van der Waals surface area contributed by atoms with Crippen LogP contribution in [0.2, 0.25) is 0 Å². The molecule has 0 aromatic carbocycles. The van der Waals surface area contributed by atoms with Crippen molar-refractivity contribution in [2.75, 3.05) is 48.8 Å². The van der Waals surface area contributed by atoms with Crippen LogP contribution in [0.15, 0.2) is 35.6 Å². The second kappa shape index (κ2) is 9.36. The van der Waals surface area contributed by atoms with Crippen molar-refractivity contribution < 1.29 is 8.42 Å². The first-order chi connectivity index (χ1) is 14.0. The molecule has 0 saturated carbocycles. The van der Waals surface area contributed by atoms with Crippen LogP contribution in [-0.2, 0) is 10.0 Å². The first kappa shape index (κ1) is 21.3. The average Bonchev–Trinajstić information content (AvgIpc) is 3.22. The molecule has 0 spiro atoms. The molecule has 29 heavy (non-hydrogen) atoms. The highest BCUT2D eigenvalue weighted by molar-refractivity contribution is 7.89. The highest BCUT2D eigenvalue weighted by atomic mass is 32.2. The summed E-state index contributed by atoms with van der Waals surface area (Å²) in [6.07, 6.45) is 5.15. The molecular weight excluding hydrogens is 390 g/mol. The summed E-state index contributed by atoms with van der Waals surface area (Å²) in [7, 11) is -1.65. The summed E-state index contributed by atoms with van der Waals surface area (Å²) in [4.78, 5) is 15.4. The van der Waals surface area contributed by atoms with E-state index < -0.39 is 10.0 Å². The van der Waals surface area contributed by atoms with E-state index in [1.165, 1.54) is 10.5 Å². The largest absolute Gasteiger partial charge is 0.373 e. The van der Waals surface area contributed by atoms with E-state index in [4.69, 9.17) is 0 Å². The van der Waals surface area contributed by atoms with Crippen LogP contribution in [0.25, 0.3) is 0 Å². The first-order valence-electron chi connectivity index (χ1n) is 9.96. The standard InChI is InChI=1S/C19H29N7O2S/c1-4-25(5-2)29(27,28)16-8-9-17(22-13-16)21-12-15-7-6-10-26(15)19-11-18(20-3)23-14-24-19/h8-9,11,13-15H,4-7,10,12H2,1-3H3,(H,21,22)(H,20,23,24). The smallest absolute Gasteiger partial charge is 0.244 e. The lowest BCUT2D eigenvalue weighted by Gasteiger charge is -2.26. The van der Waals surface area contributed by atoms with Gasteiger partial charge in [-0.25, -0.2) is 23.4 Å². The predicted molar refractivity (Wildman–Crippen MR) is 115 cm³/mol. The molecule has 1 unspecified atom stereocenters. The maximum Gasteiger partial charge on any atom is 0.244 e. The zero-order valence-electron chi connectivity index (χ0n) is 17.2. The van der Waals surface area contributed by atoms with Gasteiger partial charge in [-0.05, 0) is 25.0 Å². The maximum absolute atomic E-state index is 12.6. The highest BCUT2D eigenvalue weighted by Crippen LogP contribution is 2.25. The molecule has 2 aromatic rings. The summed E-state index contributed by atoms with van der Waals surface area (Å²) in [6, 6.07) is 5.57. The predicted octanol–water partition coefficient (Wildman–Crippen LogP) is 2.02. The number of hydrogen-bond acceptors (Lipinski definition) is 8. The Balaban J connectivity index is 1.65. The molecule has 2 N–H and O–H groups in total. The fraction of sp³-hybridized carbons (Fsp3) is 0.526. The van der Waals surface area contributed by atoms with Gasteiger partial charge < -0.3 is 15.5 Å². The van der Waals surface area contributed by atoms with Crippen LogP contribution in [0, 0.1) is 0 Å².